The number of nitrogens with zero attached hydrogens (tertiary/aromatic N) is 2. The van der Waals surface area contributed by atoms with E-state index < -0.39 is 0 Å². The van der Waals surface area contributed by atoms with Crippen LogP contribution in [-0.2, 0) is 4.74 Å². The summed E-state index contributed by atoms with van der Waals surface area (Å²) in [5.41, 5.74) is 6.41. The van der Waals surface area contributed by atoms with Gasteiger partial charge in [0.1, 0.15) is 0 Å². The van der Waals surface area contributed by atoms with Crippen molar-refractivity contribution in [3.8, 4) is 0 Å². The van der Waals surface area contributed by atoms with Gasteiger partial charge >= 0.3 is 0 Å². The van der Waals surface area contributed by atoms with E-state index in [9.17, 15) is 0 Å². The first kappa shape index (κ1) is 13.1. The predicted octanol–water partition coefficient (Wildman–Crippen LogP) is 2.18. The van der Waals surface area contributed by atoms with E-state index in [2.05, 4.69) is 4.98 Å². The third kappa shape index (κ3) is 3.87. The lowest BCUT2D eigenvalue weighted by Gasteiger charge is -2.20. The van der Waals surface area contributed by atoms with E-state index in [0.29, 0.717) is 17.3 Å². The Labute approximate surface area is 101 Å². The Morgan fingerprint density at radius 2 is 2.25 bits per heavy atom. The quantitative estimate of drug-likeness (QED) is 0.861. The van der Waals surface area contributed by atoms with Crippen LogP contribution in [0, 0.1) is 0 Å². The van der Waals surface area contributed by atoms with Crippen LogP contribution in [0.4, 0.5) is 11.5 Å². The Morgan fingerprint density at radius 1 is 1.56 bits per heavy atom. The van der Waals surface area contributed by atoms with E-state index in [4.69, 9.17) is 22.1 Å². The molecule has 0 saturated carbocycles. The number of rotatable bonds is 5. The van der Waals surface area contributed by atoms with Crippen molar-refractivity contribution in [2.45, 2.75) is 20.0 Å². The first-order valence-corrected chi connectivity index (χ1v) is 5.62. The maximum Gasteiger partial charge on any atom is 0.151 e. The lowest BCUT2D eigenvalue weighted by Crippen LogP contribution is -2.25. The largest absolute Gasteiger partial charge is 0.396 e. The number of pyridine rings is 1. The molecule has 5 heteroatoms. The average Bonchev–Trinajstić information content (AvgIpc) is 2.16. The summed E-state index contributed by atoms with van der Waals surface area (Å²) in [6.07, 6.45) is 1.83. The molecule has 0 unspecified atom stereocenters. The zero-order chi connectivity index (χ0) is 12.1. The highest BCUT2D eigenvalue weighted by molar-refractivity contribution is 6.30. The molecule has 1 heterocycles. The minimum Gasteiger partial charge on any atom is -0.396 e. The maximum absolute atomic E-state index is 5.82. The summed E-state index contributed by atoms with van der Waals surface area (Å²) in [6.45, 7) is 5.42. The minimum atomic E-state index is 0.240. The van der Waals surface area contributed by atoms with Gasteiger partial charge in [-0.1, -0.05) is 11.6 Å². The Morgan fingerprint density at radius 3 is 2.81 bits per heavy atom. The van der Waals surface area contributed by atoms with Crippen LogP contribution in [0.2, 0.25) is 5.02 Å². The number of ether oxygens (including phenoxy) is 1. The highest BCUT2D eigenvalue weighted by atomic mass is 35.5. The molecule has 0 bridgehead atoms. The fourth-order valence-electron chi connectivity index (χ4n) is 1.30. The summed E-state index contributed by atoms with van der Waals surface area (Å²) < 4.78 is 5.46. The summed E-state index contributed by atoms with van der Waals surface area (Å²) in [5, 5.41) is 0.549. The smallest absolute Gasteiger partial charge is 0.151 e. The molecule has 0 aromatic carbocycles. The summed E-state index contributed by atoms with van der Waals surface area (Å²) in [5.74, 6) is 0.733. The number of halogens is 1. The van der Waals surface area contributed by atoms with Gasteiger partial charge in [-0.05, 0) is 19.9 Å². The molecular weight excluding hydrogens is 226 g/mol. The Balaban J connectivity index is 2.55. The van der Waals surface area contributed by atoms with Crippen LogP contribution in [0.1, 0.15) is 13.8 Å². The first-order chi connectivity index (χ1) is 7.50. The van der Waals surface area contributed by atoms with Gasteiger partial charge < -0.3 is 15.4 Å². The summed E-state index contributed by atoms with van der Waals surface area (Å²) in [6, 6.07) is 1.70. The Kier molecular flexibility index (Phi) is 4.83. The van der Waals surface area contributed by atoms with E-state index in [1.165, 1.54) is 0 Å². The van der Waals surface area contributed by atoms with Gasteiger partial charge in [-0.25, -0.2) is 4.98 Å². The molecule has 0 aliphatic rings. The van der Waals surface area contributed by atoms with Gasteiger partial charge in [0, 0.05) is 19.8 Å². The van der Waals surface area contributed by atoms with Crippen LogP contribution in [0.15, 0.2) is 12.3 Å². The van der Waals surface area contributed by atoms with Gasteiger partial charge in [0.05, 0.1) is 23.4 Å². The van der Waals surface area contributed by atoms with Crippen LogP contribution in [0.25, 0.3) is 0 Å². The molecule has 0 atom stereocenters. The minimum absolute atomic E-state index is 0.240. The van der Waals surface area contributed by atoms with Crippen LogP contribution >= 0.6 is 11.6 Å². The molecule has 1 aromatic rings. The molecule has 0 aliphatic carbocycles. The van der Waals surface area contributed by atoms with Crippen molar-refractivity contribution in [1.29, 1.82) is 0 Å². The normalized spacial score (nSPS) is 10.8. The van der Waals surface area contributed by atoms with E-state index in [0.717, 1.165) is 12.4 Å². The van der Waals surface area contributed by atoms with Crippen LogP contribution in [0.3, 0.4) is 0 Å². The summed E-state index contributed by atoms with van der Waals surface area (Å²) in [4.78, 5) is 6.14. The van der Waals surface area contributed by atoms with Crippen molar-refractivity contribution < 1.29 is 4.74 Å². The highest BCUT2D eigenvalue weighted by Crippen LogP contribution is 2.21. The highest BCUT2D eigenvalue weighted by Gasteiger charge is 2.07. The van der Waals surface area contributed by atoms with Crippen molar-refractivity contribution >= 4 is 23.1 Å². The van der Waals surface area contributed by atoms with Crippen LogP contribution < -0.4 is 10.6 Å². The monoisotopic (exact) mass is 243 g/mol. The number of hydrogen-bond acceptors (Lipinski definition) is 4. The fourth-order valence-corrected chi connectivity index (χ4v) is 1.46. The van der Waals surface area contributed by atoms with E-state index >= 15 is 0 Å². The maximum atomic E-state index is 5.82. The van der Waals surface area contributed by atoms with Gasteiger partial charge in [-0.15, -0.1) is 0 Å². The second-order valence-corrected chi connectivity index (χ2v) is 4.34. The van der Waals surface area contributed by atoms with Crippen molar-refractivity contribution in [3.05, 3.63) is 17.3 Å². The molecule has 0 fully saturated rings. The van der Waals surface area contributed by atoms with Crippen molar-refractivity contribution in [1.82, 2.24) is 4.98 Å². The Hall–Kier alpha value is -1.00. The van der Waals surface area contributed by atoms with Crippen molar-refractivity contribution in [3.63, 3.8) is 0 Å². The predicted molar refractivity (Wildman–Crippen MR) is 68.0 cm³/mol. The molecule has 0 amide bonds. The Bertz CT molecular complexity index is 344. The lowest BCUT2D eigenvalue weighted by molar-refractivity contribution is 0.0845. The molecular formula is C11H18ClN3O. The SMILES string of the molecule is CC(C)OCCN(C)c1ncc(Cl)cc1N. The lowest BCUT2D eigenvalue weighted by atomic mass is 10.3. The van der Waals surface area contributed by atoms with E-state index in [1.807, 2.05) is 25.8 Å². The molecule has 0 spiro atoms. The van der Waals surface area contributed by atoms with Crippen LogP contribution in [-0.4, -0.2) is 31.3 Å². The third-order valence-electron chi connectivity index (χ3n) is 2.10. The second-order valence-electron chi connectivity index (χ2n) is 3.91. The zero-order valence-corrected chi connectivity index (χ0v) is 10.7. The zero-order valence-electron chi connectivity index (χ0n) is 9.90. The molecule has 90 valence electrons. The first-order valence-electron chi connectivity index (χ1n) is 5.24. The summed E-state index contributed by atoms with van der Waals surface area (Å²) >= 11 is 5.78. The summed E-state index contributed by atoms with van der Waals surface area (Å²) in [7, 11) is 1.93. The number of nitrogens with two attached hydrogens (primary N) is 1. The van der Waals surface area contributed by atoms with Gasteiger partial charge in [-0.2, -0.15) is 0 Å². The number of anilines is 2. The van der Waals surface area contributed by atoms with Crippen molar-refractivity contribution in [2.75, 3.05) is 30.8 Å². The van der Waals surface area contributed by atoms with Crippen LogP contribution in [0.5, 0.6) is 0 Å². The standard InChI is InChI=1S/C11H18ClN3O/c1-8(2)16-5-4-15(3)11-10(13)6-9(12)7-14-11/h6-8H,4-5,13H2,1-3H3. The third-order valence-corrected chi connectivity index (χ3v) is 2.31. The second kappa shape index (κ2) is 5.92. The molecule has 1 aromatic heterocycles. The number of aromatic nitrogens is 1. The molecule has 16 heavy (non-hydrogen) atoms. The molecule has 4 nitrogen and oxygen atoms in total. The number of likely N-dealkylation sites (N-methyl/N-ethyl adjacent to an activating group) is 1. The molecule has 0 saturated heterocycles. The van der Waals surface area contributed by atoms with E-state index in [1.54, 1.807) is 12.3 Å². The van der Waals surface area contributed by atoms with Gasteiger partial charge in [0.2, 0.25) is 0 Å². The topological polar surface area (TPSA) is 51.4 Å². The van der Waals surface area contributed by atoms with Gasteiger partial charge in [0.15, 0.2) is 5.82 Å². The fraction of sp³-hybridized carbons (Fsp3) is 0.545. The van der Waals surface area contributed by atoms with E-state index in [-0.39, 0.29) is 6.10 Å². The number of hydrogen-bond donors (Lipinski definition) is 1. The molecule has 1 rings (SSSR count). The molecule has 0 radical (unpaired) electrons. The number of nitrogen functional groups attached to an aromatic ring is 1. The average molecular weight is 244 g/mol. The van der Waals surface area contributed by atoms with Gasteiger partial charge in [0.25, 0.3) is 0 Å². The van der Waals surface area contributed by atoms with Crippen molar-refractivity contribution in [2.24, 2.45) is 0 Å². The molecule has 0 aliphatic heterocycles. The molecule has 2 N–H and O–H groups in total. The van der Waals surface area contributed by atoms with Gasteiger partial charge in [-0.3, -0.25) is 0 Å².